The van der Waals surface area contributed by atoms with Crippen LogP contribution in [-0.2, 0) is 32.6 Å². The zero-order chi connectivity index (χ0) is 31.0. The van der Waals surface area contributed by atoms with E-state index >= 15 is 0 Å². The average molecular weight is 643 g/mol. The van der Waals surface area contributed by atoms with E-state index in [1.807, 2.05) is 30.3 Å². The summed E-state index contributed by atoms with van der Waals surface area (Å²) in [4.78, 5) is 28.9. The normalized spacial score (nSPS) is 11.9. The molecule has 0 saturated carbocycles. The van der Waals surface area contributed by atoms with Gasteiger partial charge >= 0.3 is 0 Å². The van der Waals surface area contributed by atoms with Crippen LogP contribution < -0.4 is 9.62 Å². The summed E-state index contributed by atoms with van der Waals surface area (Å²) in [7, 11) is -4.30. The van der Waals surface area contributed by atoms with Crippen molar-refractivity contribution in [3.05, 3.63) is 130 Å². The van der Waals surface area contributed by atoms with Gasteiger partial charge in [0.15, 0.2) is 0 Å². The van der Waals surface area contributed by atoms with Crippen molar-refractivity contribution in [1.29, 1.82) is 0 Å². The van der Waals surface area contributed by atoms with Crippen molar-refractivity contribution in [2.75, 3.05) is 17.4 Å². The number of carbonyl (C=O) groups excluding carboxylic acids is 2. The van der Waals surface area contributed by atoms with Crippen molar-refractivity contribution in [1.82, 2.24) is 10.2 Å². The van der Waals surface area contributed by atoms with Crippen molar-refractivity contribution < 1.29 is 22.4 Å². The highest BCUT2D eigenvalue weighted by atomic mass is 35.5. The van der Waals surface area contributed by atoms with Gasteiger partial charge < -0.3 is 10.2 Å². The molecule has 4 rings (SSSR count). The molecule has 0 aliphatic carbocycles. The molecule has 0 radical (unpaired) electrons. The second kappa shape index (κ2) is 14.5. The first kappa shape index (κ1) is 32.0. The number of likely N-dealkylation sites (N-methyl/N-ethyl adjacent to an activating group) is 1. The van der Waals surface area contributed by atoms with E-state index in [1.54, 1.807) is 31.2 Å². The van der Waals surface area contributed by atoms with Crippen LogP contribution in [0, 0.1) is 5.82 Å². The smallest absolute Gasteiger partial charge is 0.264 e. The lowest BCUT2D eigenvalue weighted by atomic mass is 10.0. The second-order valence-electron chi connectivity index (χ2n) is 9.64. The Balaban J connectivity index is 1.81. The molecule has 0 heterocycles. The van der Waals surface area contributed by atoms with Crippen molar-refractivity contribution in [3.8, 4) is 0 Å². The Hall–Kier alpha value is -3.92. The highest BCUT2D eigenvalue weighted by molar-refractivity contribution is 7.92. The number of hydrogen-bond acceptors (Lipinski definition) is 4. The summed E-state index contributed by atoms with van der Waals surface area (Å²) in [5.74, 6) is -1.74. The number of sulfonamides is 1. The molecule has 0 fully saturated rings. The van der Waals surface area contributed by atoms with E-state index in [4.69, 9.17) is 23.2 Å². The third-order valence-electron chi connectivity index (χ3n) is 6.72. The molecule has 0 spiro atoms. The molecule has 1 N–H and O–H groups in total. The largest absolute Gasteiger partial charge is 0.355 e. The second-order valence-corrected chi connectivity index (χ2v) is 12.3. The van der Waals surface area contributed by atoms with Gasteiger partial charge in [0.05, 0.1) is 20.6 Å². The van der Waals surface area contributed by atoms with Gasteiger partial charge in [-0.1, -0.05) is 89.9 Å². The summed E-state index contributed by atoms with van der Waals surface area (Å²) in [6, 6.07) is 25.8. The van der Waals surface area contributed by atoms with Gasteiger partial charge in [-0.3, -0.25) is 13.9 Å². The number of halogens is 3. The van der Waals surface area contributed by atoms with Crippen LogP contribution in [0.25, 0.3) is 0 Å². The number of anilines is 1. The van der Waals surface area contributed by atoms with Crippen LogP contribution in [0.5, 0.6) is 0 Å². The van der Waals surface area contributed by atoms with E-state index in [2.05, 4.69) is 5.32 Å². The maximum Gasteiger partial charge on any atom is 0.264 e. The Morgan fingerprint density at radius 1 is 0.860 bits per heavy atom. The number of nitrogens with one attached hydrogen (secondary N) is 1. The molecule has 0 aliphatic rings. The zero-order valence-electron chi connectivity index (χ0n) is 23.3. The van der Waals surface area contributed by atoms with Crippen molar-refractivity contribution in [2.45, 2.75) is 30.8 Å². The predicted molar refractivity (Wildman–Crippen MR) is 167 cm³/mol. The third-order valence-corrected chi connectivity index (χ3v) is 9.25. The fourth-order valence-corrected chi connectivity index (χ4v) is 6.26. The lowest BCUT2D eigenvalue weighted by Gasteiger charge is -2.34. The van der Waals surface area contributed by atoms with E-state index in [-0.39, 0.29) is 39.2 Å². The predicted octanol–water partition coefficient (Wildman–Crippen LogP) is 6.10. The molecule has 0 saturated heterocycles. The van der Waals surface area contributed by atoms with Crippen molar-refractivity contribution >= 4 is 50.7 Å². The van der Waals surface area contributed by atoms with Crippen molar-refractivity contribution in [2.24, 2.45) is 0 Å². The van der Waals surface area contributed by atoms with Crippen LogP contribution >= 0.6 is 23.2 Å². The van der Waals surface area contributed by atoms with Gasteiger partial charge in [-0.2, -0.15) is 0 Å². The van der Waals surface area contributed by atoms with Crippen LogP contribution in [0.1, 0.15) is 18.1 Å². The van der Waals surface area contributed by atoms with Crippen LogP contribution in [-0.4, -0.2) is 44.3 Å². The summed E-state index contributed by atoms with van der Waals surface area (Å²) < 4.78 is 43.7. The molecule has 224 valence electrons. The minimum absolute atomic E-state index is 0.0564. The fourth-order valence-electron chi connectivity index (χ4n) is 4.54. The van der Waals surface area contributed by atoms with E-state index in [0.717, 1.165) is 9.87 Å². The monoisotopic (exact) mass is 641 g/mol. The lowest BCUT2D eigenvalue weighted by Crippen LogP contribution is -2.53. The fraction of sp³-hybridized carbons (Fsp3) is 0.188. The lowest BCUT2D eigenvalue weighted by molar-refractivity contribution is -0.140. The molecule has 4 aromatic carbocycles. The topological polar surface area (TPSA) is 86.8 Å². The maximum atomic E-state index is 14.9. The molecule has 7 nitrogen and oxygen atoms in total. The van der Waals surface area contributed by atoms with Crippen LogP contribution in [0.15, 0.2) is 108 Å². The molecular weight excluding hydrogens is 612 g/mol. The van der Waals surface area contributed by atoms with E-state index in [9.17, 15) is 22.4 Å². The Labute approximate surface area is 260 Å². The highest BCUT2D eigenvalue weighted by Gasteiger charge is 2.35. The van der Waals surface area contributed by atoms with Gasteiger partial charge in [0, 0.05) is 25.1 Å². The quantitative estimate of drug-likeness (QED) is 0.202. The molecule has 43 heavy (non-hydrogen) atoms. The van der Waals surface area contributed by atoms with E-state index in [1.165, 1.54) is 53.4 Å². The molecular formula is C32H30Cl2FN3O4S. The van der Waals surface area contributed by atoms with Crippen LogP contribution in [0.2, 0.25) is 10.0 Å². The molecule has 0 bridgehead atoms. The van der Waals surface area contributed by atoms with Gasteiger partial charge in [0.1, 0.15) is 18.4 Å². The number of rotatable bonds is 12. The molecule has 0 aliphatic heterocycles. The van der Waals surface area contributed by atoms with Gasteiger partial charge in [-0.25, -0.2) is 12.8 Å². The molecule has 4 aromatic rings. The Morgan fingerprint density at radius 3 is 2.12 bits per heavy atom. The van der Waals surface area contributed by atoms with E-state index in [0.29, 0.717) is 6.54 Å². The van der Waals surface area contributed by atoms with Gasteiger partial charge in [-0.15, -0.1) is 0 Å². The Kier molecular flexibility index (Phi) is 10.8. The zero-order valence-corrected chi connectivity index (χ0v) is 25.6. The molecule has 1 atom stereocenters. The Bertz CT molecular complexity index is 1670. The molecule has 1 unspecified atom stereocenters. The first-order chi connectivity index (χ1) is 20.6. The van der Waals surface area contributed by atoms with Crippen molar-refractivity contribution in [3.63, 3.8) is 0 Å². The van der Waals surface area contributed by atoms with Gasteiger partial charge in [0.2, 0.25) is 11.8 Å². The van der Waals surface area contributed by atoms with Gasteiger partial charge in [0.25, 0.3) is 10.0 Å². The number of benzene rings is 4. The summed E-state index contributed by atoms with van der Waals surface area (Å²) in [6.45, 7) is 1.07. The average Bonchev–Trinajstić information content (AvgIpc) is 3.01. The Morgan fingerprint density at radius 2 is 1.49 bits per heavy atom. The molecule has 0 aromatic heterocycles. The minimum Gasteiger partial charge on any atom is -0.355 e. The molecule has 2 amide bonds. The van der Waals surface area contributed by atoms with Crippen LogP contribution in [0.4, 0.5) is 10.1 Å². The summed E-state index contributed by atoms with van der Waals surface area (Å²) in [5, 5.41) is 3.06. The maximum absolute atomic E-state index is 14.9. The molecule has 11 heteroatoms. The van der Waals surface area contributed by atoms with Gasteiger partial charge in [-0.05, 0) is 48.9 Å². The number of amides is 2. The first-order valence-electron chi connectivity index (χ1n) is 13.5. The van der Waals surface area contributed by atoms with E-state index < -0.39 is 40.2 Å². The number of nitrogens with zero attached hydrogens (tertiary/aromatic N) is 2. The standard InChI is InChI=1S/C32H30Cl2FN3O4S/c1-2-36-32(40)30(19-23-11-5-3-6-12-23)37(21-24-13-9-10-16-29(24)35)31(39)22-38(25-17-18-27(33)28(34)20-25)43(41,42)26-14-7-4-8-15-26/h3-18,20,30H,2,19,21-22H2,1H3,(H,36,40). The summed E-state index contributed by atoms with van der Waals surface area (Å²) in [5.41, 5.74) is 1.03. The highest BCUT2D eigenvalue weighted by Crippen LogP contribution is 2.31. The number of hydrogen-bond donors (Lipinski definition) is 1. The van der Waals surface area contributed by atoms with Crippen LogP contribution in [0.3, 0.4) is 0 Å². The third kappa shape index (κ3) is 7.93. The SMILES string of the molecule is CCNC(=O)C(Cc1ccccc1)N(Cc1ccccc1F)C(=O)CN(c1ccc(Cl)c(Cl)c1)S(=O)(=O)c1ccccc1. The minimum atomic E-state index is -4.30. The summed E-state index contributed by atoms with van der Waals surface area (Å²) in [6.07, 6.45) is 0.116. The summed E-state index contributed by atoms with van der Waals surface area (Å²) >= 11 is 12.4. The first-order valence-corrected chi connectivity index (χ1v) is 15.7. The number of carbonyl (C=O) groups is 2.